The van der Waals surface area contributed by atoms with E-state index in [1.54, 1.807) is 41.0 Å². The maximum atomic E-state index is 15.1. The molecule has 1 aliphatic rings. The monoisotopic (exact) mass is 566 g/mol. The predicted molar refractivity (Wildman–Crippen MR) is 153 cm³/mol. The van der Waals surface area contributed by atoms with E-state index in [0.717, 1.165) is 10.8 Å². The molecule has 9 heteroatoms. The average molecular weight is 566 g/mol. The Labute approximate surface area is 233 Å². The van der Waals surface area contributed by atoms with Crippen molar-refractivity contribution in [2.24, 2.45) is 0 Å². The number of oxazole rings is 1. The number of hydrogen-bond donors (Lipinski definition) is 0. The first-order valence-corrected chi connectivity index (χ1v) is 13.2. The van der Waals surface area contributed by atoms with Gasteiger partial charge in [-0.3, -0.25) is 14.2 Å². The molecule has 5 nitrogen and oxygen atoms in total. The van der Waals surface area contributed by atoms with Crippen molar-refractivity contribution in [2.45, 2.75) is 6.92 Å². The smallest absolute Gasteiger partial charge is 0.234 e. The number of allylic oxidation sites excluding steroid dienone is 1. The second kappa shape index (κ2) is 9.11. The minimum atomic E-state index is -1.41. The van der Waals surface area contributed by atoms with Crippen LogP contribution in [0.25, 0.3) is 45.2 Å². The Balaban J connectivity index is 1.42. The van der Waals surface area contributed by atoms with Gasteiger partial charge in [0.15, 0.2) is 34.4 Å². The molecule has 1 aliphatic carbocycles. The zero-order chi connectivity index (χ0) is 28.6. The molecule has 1 unspecified atom stereocenters. The van der Waals surface area contributed by atoms with Crippen LogP contribution < -0.4 is 5.30 Å². The summed E-state index contributed by atoms with van der Waals surface area (Å²) < 4.78 is 51.9. The normalized spacial score (nSPS) is 13.0. The summed E-state index contributed by atoms with van der Waals surface area (Å²) >= 11 is 0. The average Bonchev–Trinajstić information content (AvgIpc) is 3.60. The van der Waals surface area contributed by atoms with Crippen LogP contribution in [0.5, 0.6) is 0 Å². The molecule has 0 fully saturated rings. The number of rotatable bonds is 3. The number of nitrogens with zero attached hydrogens (tertiary/aromatic N) is 2. The van der Waals surface area contributed by atoms with E-state index in [1.165, 1.54) is 19.1 Å². The molecule has 7 rings (SSSR count). The van der Waals surface area contributed by atoms with Gasteiger partial charge in [0.25, 0.3) is 0 Å². The Bertz CT molecular complexity index is 2060. The van der Waals surface area contributed by atoms with Gasteiger partial charge in [-0.15, -0.1) is 9.24 Å². The van der Waals surface area contributed by atoms with Gasteiger partial charge in [0.1, 0.15) is 11.4 Å². The van der Waals surface area contributed by atoms with Crippen molar-refractivity contribution in [3.05, 3.63) is 118 Å². The molecule has 0 saturated heterocycles. The molecule has 6 aromatic rings. The van der Waals surface area contributed by atoms with Crippen LogP contribution in [0.1, 0.15) is 32.0 Å². The molecule has 0 bridgehead atoms. The van der Waals surface area contributed by atoms with Crippen molar-refractivity contribution in [1.29, 1.82) is 0 Å². The van der Waals surface area contributed by atoms with Crippen molar-refractivity contribution in [3.8, 4) is 17.1 Å². The van der Waals surface area contributed by atoms with Crippen molar-refractivity contribution < 1.29 is 27.2 Å². The van der Waals surface area contributed by atoms with E-state index in [2.05, 4.69) is 4.98 Å². The van der Waals surface area contributed by atoms with E-state index >= 15 is 4.39 Å². The lowest BCUT2D eigenvalue weighted by molar-refractivity contribution is 0.0990. The number of aromatic nitrogens is 2. The van der Waals surface area contributed by atoms with Gasteiger partial charge in [0.05, 0.1) is 11.3 Å². The number of Topliss-reactive ketones (excluding diaryl/α,β-unsaturated/α-hetero) is 2. The van der Waals surface area contributed by atoms with E-state index in [1.807, 2.05) is 39.6 Å². The van der Waals surface area contributed by atoms with Gasteiger partial charge in [-0.1, -0.05) is 42.5 Å². The van der Waals surface area contributed by atoms with E-state index in [0.29, 0.717) is 22.5 Å². The molecule has 0 radical (unpaired) electrons. The number of fused-ring (bicyclic) bond motifs is 3. The van der Waals surface area contributed by atoms with Gasteiger partial charge >= 0.3 is 0 Å². The summed E-state index contributed by atoms with van der Waals surface area (Å²) in [6.07, 6.45) is 1.47. The molecule has 0 N–H and O–H groups in total. The second-order valence-electron chi connectivity index (χ2n) is 9.76. The Morgan fingerprint density at radius 1 is 0.829 bits per heavy atom. The largest absolute Gasteiger partial charge is 0.434 e. The first-order chi connectivity index (χ1) is 19.7. The van der Waals surface area contributed by atoms with Crippen LogP contribution in [0, 0.1) is 24.4 Å². The molecular weight excluding hydrogens is 548 g/mol. The number of halogens is 3. The highest BCUT2D eigenvalue weighted by Gasteiger charge is 2.34. The van der Waals surface area contributed by atoms with E-state index in [9.17, 15) is 18.4 Å². The van der Waals surface area contributed by atoms with Gasteiger partial charge in [-0.2, -0.15) is 4.98 Å². The number of benzene rings is 4. The van der Waals surface area contributed by atoms with Gasteiger partial charge in [-0.25, -0.2) is 13.2 Å². The summed E-state index contributed by atoms with van der Waals surface area (Å²) in [5, 5.41) is 1.47. The lowest BCUT2D eigenvalue weighted by Crippen LogP contribution is -2.12. The highest BCUT2D eigenvalue weighted by Crippen LogP contribution is 2.36. The van der Waals surface area contributed by atoms with Crippen LogP contribution in [-0.2, 0) is 0 Å². The third kappa shape index (κ3) is 3.71. The zero-order valence-corrected chi connectivity index (χ0v) is 22.5. The molecule has 0 amide bonds. The number of para-hydroxylation sites is 1. The molecule has 41 heavy (non-hydrogen) atoms. The minimum Gasteiger partial charge on any atom is -0.434 e. The van der Waals surface area contributed by atoms with Gasteiger partial charge in [0, 0.05) is 28.2 Å². The third-order valence-corrected chi connectivity index (χ3v) is 8.06. The predicted octanol–water partition coefficient (Wildman–Crippen LogP) is 7.13. The van der Waals surface area contributed by atoms with Crippen LogP contribution in [0.4, 0.5) is 13.2 Å². The molecule has 0 aliphatic heterocycles. The second-order valence-corrected chi connectivity index (χ2v) is 10.3. The van der Waals surface area contributed by atoms with Crippen molar-refractivity contribution >= 4 is 54.2 Å². The van der Waals surface area contributed by atoms with Crippen LogP contribution in [0.15, 0.2) is 82.8 Å². The SMILES string of the molecule is Cc1c(F)c(-c2nc3c(cc(C=C4C(=O)c5cc6ccccc6cc5C4=O)n3-c3ccccc3)o2)c(F)c(F)c1P. The summed E-state index contributed by atoms with van der Waals surface area (Å²) in [5.41, 5.74) is 1.10. The van der Waals surface area contributed by atoms with Crippen molar-refractivity contribution in [1.82, 2.24) is 9.55 Å². The van der Waals surface area contributed by atoms with Crippen molar-refractivity contribution in [3.63, 3.8) is 0 Å². The van der Waals surface area contributed by atoms with E-state index < -0.39 is 40.5 Å². The first kappa shape index (κ1) is 25.2. The minimum absolute atomic E-state index is 0.0290. The summed E-state index contributed by atoms with van der Waals surface area (Å²) in [5.74, 6) is -4.87. The van der Waals surface area contributed by atoms with Crippen LogP contribution >= 0.6 is 9.24 Å². The molecule has 2 heterocycles. The van der Waals surface area contributed by atoms with Crippen LogP contribution in [0.2, 0.25) is 0 Å². The molecule has 1 atom stereocenters. The van der Waals surface area contributed by atoms with Gasteiger partial charge in [-0.05, 0) is 53.6 Å². The molecule has 200 valence electrons. The fourth-order valence-corrected chi connectivity index (χ4v) is 5.49. The molecular formula is C32H18F3N2O3P. The Hall–Kier alpha value is -4.81. The zero-order valence-electron chi connectivity index (χ0n) is 21.3. The molecule has 0 saturated carbocycles. The highest BCUT2D eigenvalue weighted by atomic mass is 31.0. The first-order valence-electron chi connectivity index (χ1n) is 12.6. The number of carbonyl (C=O) groups excluding carboxylic acids is 2. The van der Waals surface area contributed by atoms with Crippen molar-refractivity contribution in [2.75, 3.05) is 0 Å². The summed E-state index contributed by atoms with van der Waals surface area (Å²) in [7, 11) is 1.99. The maximum absolute atomic E-state index is 15.1. The number of hydrogen-bond acceptors (Lipinski definition) is 4. The molecule has 2 aromatic heterocycles. The standard InChI is InChI=1S/C32H18F3N2O3P/c1-15-25(33)24(26(34)27(35)30(15)41)32-36-31-23(40-32)14-19(37(31)18-9-3-2-4-10-18)13-22-28(38)20-11-16-7-5-6-8-17(16)12-21(20)29(22)39/h2-14H,41H2,1H3. The van der Waals surface area contributed by atoms with Crippen LogP contribution in [0.3, 0.4) is 0 Å². The maximum Gasteiger partial charge on any atom is 0.234 e. The lowest BCUT2D eigenvalue weighted by Gasteiger charge is -2.09. The Kier molecular flexibility index (Phi) is 5.60. The fraction of sp³-hybridized carbons (Fsp3) is 0.0312. The quantitative estimate of drug-likeness (QED) is 0.0990. The fourth-order valence-electron chi connectivity index (χ4n) is 5.23. The molecule has 4 aromatic carbocycles. The summed E-state index contributed by atoms with van der Waals surface area (Å²) in [4.78, 5) is 31.2. The highest BCUT2D eigenvalue weighted by molar-refractivity contribution is 7.27. The number of ketones is 2. The van der Waals surface area contributed by atoms with E-state index in [4.69, 9.17) is 4.42 Å². The lowest BCUT2D eigenvalue weighted by atomic mass is 10.0. The summed E-state index contributed by atoms with van der Waals surface area (Å²) in [6.45, 7) is 1.33. The van der Waals surface area contributed by atoms with E-state index in [-0.39, 0.29) is 27.7 Å². The topological polar surface area (TPSA) is 65.1 Å². The van der Waals surface area contributed by atoms with Gasteiger partial charge < -0.3 is 4.42 Å². The van der Waals surface area contributed by atoms with Gasteiger partial charge in [0.2, 0.25) is 5.89 Å². The number of carbonyl (C=O) groups is 2. The van der Waals surface area contributed by atoms with Crippen LogP contribution in [-0.4, -0.2) is 21.1 Å². The third-order valence-electron chi connectivity index (χ3n) is 7.37. The Morgan fingerprint density at radius 3 is 2.07 bits per heavy atom. The molecule has 0 spiro atoms. The Morgan fingerprint density at radius 2 is 1.44 bits per heavy atom. The summed E-state index contributed by atoms with van der Waals surface area (Å²) in [6, 6.07) is 21.3.